The van der Waals surface area contributed by atoms with Gasteiger partial charge in [0.1, 0.15) is 11.6 Å². The van der Waals surface area contributed by atoms with Crippen molar-refractivity contribution < 1.29 is 4.92 Å². The number of nitrogen functional groups attached to an aromatic ring is 1. The molecule has 0 bridgehead atoms. The third-order valence-electron chi connectivity index (χ3n) is 2.83. The molecule has 0 radical (unpaired) electrons. The van der Waals surface area contributed by atoms with E-state index in [-0.39, 0.29) is 23.0 Å². The predicted molar refractivity (Wildman–Crippen MR) is 71.2 cm³/mol. The van der Waals surface area contributed by atoms with Gasteiger partial charge in [0, 0.05) is 6.04 Å². The van der Waals surface area contributed by atoms with E-state index in [1.165, 1.54) is 12.1 Å². The fourth-order valence-corrected chi connectivity index (χ4v) is 1.21. The number of nitrogens with one attached hydrogen (secondary N) is 2. The molecule has 100 valence electrons. The highest BCUT2D eigenvalue weighted by Crippen LogP contribution is 2.25. The molecule has 4 N–H and O–H groups in total. The second kappa shape index (κ2) is 5.18. The quantitative estimate of drug-likeness (QED) is 0.431. The van der Waals surface area contributed by atoms with Gasteiger partial charge < -0.3 is 10.7 Å². The number of nitrogens with zero attached hydrogens (tertiary/aromatic N) is 2. The van der Waals surface area contributed by atoms with Crippen molar-refractivity contribution in [2.75, 3.05) is 10.7 Å². The van der Waals surface area contributed by atoms with Gasteiger partial charge in [-0.3, -0.25) is 10.1 Å². The largest absolute Gasteiger partial charge is 0.367 e. The topological polar surface area (TPSA) is 106 Å². The highest BCUT2D eigenvalue weighted by atomic mass is 16.6. The smallest absolute Gasteiger partial charge is 0.276 e. The summed E-state index contributed by atoms with van der Waals surface area (Å²) >= 11 is 0. The van der Waals surface area contributed by atoms with Crippen LogP contribution in [0.3, 0.4) is 0 Å². The van der Waals surface area contributed by atoms with Gasteiger partial charge >= 0.3 is 0 Å². The van der Waals surface area contributed by atoms with Crippen molar-refractivity contribution >= 4 is 17.3 Å². The van der Waals surface area contributed by atoms with E-state index < -0.39 is 4.92 Å². The van der Waals surface area contributed by atoms with Crippen LogP contribution in [0, 0.1) is 15.5 Å². The summed E-state index contributed by atoms with van der Waals surface area (Å²) in [6, 6.07) is 2.79. The van der Waals surface area contributed by atoms with E-state index in [0.717, 1.165) is 0 Å². The van der Waals surface area contributed by atoms with Crippen LogP contribution in [0.5, 0.6) is 0 Å². The molecular formula is C11H19N5O2. The molecule has 7 nitrogen and oxygen atoms in total. The molecule has 7 heteroatoms. The Morgan fingerprint density at radius 3 is 2.39 bits per heavy atom. The number of aromatic nitrogens is 1. The maximum atomic E-state index is 10.8. The van der Waals surface area contributed by atoms with Crippen LogP contribution < -0.4 is 16.6 Å². The normalized spacial score (nSPS) is 12.9. The monoisotopic (exact) mass is 253 g/mol. The molecule has 0 saturated carbocycles. The van der Waals surface area contributed by atoms with Crippen molar-refractivity contribution in [2.24, 2.45) is 11.3 Å². The van der Waals surface area contributed by atoms with Crippen LogP contribution >= 0.6 is 0 Å². The number of hydrazine groups is 1. The van der Waals surface area contributed by atoms with Gasteiger partial charge in [-0.05, 0) is 12.3 Å². The molecule has 1 atom stereocenters. The predicted octanol–water partition coefficient (Wildman–Crippen LogP) is 2.12. The number of hydrogen-bond donors (Lipinski definition) is 3. The minimum absolute atomic E-state index is 0.0165. The molecule has 1 heterocycles. The maximum absolute atomic E-state index is 10.8. The standard InChI is InChI=1S/C11H19N5O2/c1-7(11(2,3)4)13-9-5-8(16(17)18)6-10(14-9)15-12/h5-7H,12H2,1-4H3,(H2,13,14,15). The number of nitro groups is 1. The van der Waals surface area contributed by atoms with E-state index in [0.29, 0.717) is 5.82 Å². The summed E-state index contributed by atoms with van der Waals surface area (Å²) in [6.07, 6.45) is 0. The van der Waals surface area contributed by atoms with Gasteiger partial charge in [0.2, 0.25) is 0 Å². The lowest BCUT2D eigenvalue weighted by Crippen LogP contribution is -2.31. The Kier molecular flexibility index (Phi) is 4.07. The van der Waals surface area contributed by atoms with Crippen molar-refractivity contribution in [3.05, 3.63) is 22.2 Å². The molecule has 0 saturated heterocycles. The molecule has 0 aliphatic rings. The van der Waals surface area contributed by atoms with Crippen molar-refractivity contribution in [1.29, 1.82) is 0 Å². The zero-order valence-electron chi connectivity index (χ0n) is 11.0. The van der Waals surface area contributed by atoms with Crippen molar-refractivity contribution in [3.63, 3.8) is 0 Å². The molecule has 0 aliphatic carbocycles. The van der Waals surface area contributed by atoms with Crippen LogP contribution in [0.1, 0.15) is 27.7 Å². The first kappa shape index (κ1) is 14.2. The molecule has 1 aromatic rings. The summed E-state index contributed by atoms with van der Waals surface area (Å²) < 4.78 is 0. The van der Waals surface area contributed by atoms with Crippen LogP contribution in [0.4, 0.5) is 17.3 Å². The third kappa shape index (κ3) is 3.56. The Labute approximate surface area is 106 Å². The van der Waals surface area contributed by atoms with Crippen LogP contribution in [0.25, 0.3) is 0 Å². The van der Waals surface area contributed by atoms with E-state index in [1.807, 2.05) is 6.92 Å². The Bertz CT molecular complexity index is 442. The van der Waals surface area contributed by atoms with E-state index in [4.69, 9.17) is 5.84 Å². The minimum atomic E-state index is -0.477. The Morgan fingerprint density at radius 1 is 1.39 bits per heavy atom. The van der Waals surface area contributed by atoms with Crippen LogP contribution in [0.2, 0.25) is 0 Å². The van der Waals surface area contributed by atoms with Gasteiger partial charge in [-0.25, -0.2) is 10.8 Å². The summed E-state index contributed by atoms with van der Waals surface area (Å²) in [5.74, 6) is 5.93. The Morgan fingerprint density at radius 2 is 1.94 bits per heavy atom. The highest BCUT2D eigenvalue weighted by Gasteiger charge is 2.21. The van der Waals surface area contributed by atoms with Crippen molar-refractivity contribution in [2.45, 2.75) is 33.7 Å². The van der Waals surface area contributed by atoms with E-state index in [9.17, 15) is 10.1 Å². The van der Waals surface area contributed by atoms with E-state index >= 15 is 0 Å². The summed E-state index contributed by atoms with van der Waals surface area (Å²) in [4.78, 5) is 14.4. The number of anilines is 2. The second-order valence-electron chi connectivity index (χ2n) is 5.23. The van der Waals surface area contributed by atoms with Gasteiger partial charge in [-0.15, -0.1) is 0 Å². The highest BCUT2D eigenvalue weighted by molar-refractivity contribution is 5.54. The van der Waals surface area contributed by atoms with Gasteiger partial charge in [-0.1, -0.05) is 20.8 Å². The summed E-state index contributed by atoms with van der Waals surface area (Å²) in [5, 5.41) is 13.9. The minimum Gasteiger partial charge on any atom is -0.367 e. The molecule has 1 unspecified atom stereocenters. The lowest BCUT2D eigenvalue weighted by molar-refractivity contribution is -0.384. The fraction of sp³-hybridized carbons (Fsp3) is 0.545. The average Bonchev–Trinajstić information content (AvgIpc) is 2.27. The maximum Gasteiger partial charge on any atom is 0.276 e. The van der Waals surface area contributed by atoms with Crippen LogP contribution in [-0.2, 0) is 0 Å². The van der Waals surface area contributed by atoms with E-state index in [2.05, 4.69) is 36.5 Å². The number of rotatable bonds is 4. The molecule has 0 fully saturated rings. The van der Waals surface area contributed by atoms with E-state index in [1.54, 1.807) is 0 Å². The van der Waals surface area contributed by atoms with Crippen LogP contribution in [-0.4, -0.2) is 15.9 Å². The lowest BCUT2D eigenvalue weighted by Gasteiger charge is -2.28. The summed E-state index contributed by atoms with van der Waals surface area (Å²) in [6.45, 7) is 8.22. The fourth-order valence-electron chi connectivity index (χ4n) is 1.21. The van der Waals surface area contributed by atoms with Gasteiger partial charge in [-0.2, -0.15) is 0 Å². The van der Waals surface area contributed by atoms with Crippen molar-refractivity contribution in [3.8, 4) is 0 Å². The third-order valence-corrected chi connectivity index (χ3v) is 2.83. The molecule has 0 aliphatic heterocycles. The van der Waals surface area contributed by atoms with Crippen molar-refractivity contribution in [1.82, 2.24) is 4.98 Å². The molecule has 0 aromatic carbocycles. The van der Waals surface area contributed by atoms with Crippen LogP contribution in [0.15, 0.2) is 12.1 Å². The van der Waals surface area contributed by atoms with Gasteiger partial charge in [0.15, 0.2) is 0 Å². The molecule has 0 spiro atoms. The van der Waals surface area contributed by atoms with Gasteiger partial charge in [0.25, 0.3) is 5.69 Å². The number of nitrogens with two attached hydrogens (primary N) is 1. The zero-order valence-corrected chi connectivity index (χ0v) is 11.0. The van der Waals surface area contributed by atoms with Gasteiger partial charge in [0.05, 0.1) is 17.1 Å². The summed E-state index contributed by atoms with van der Waals surface area (Å²) in [7, 11) is 0. The Hall–Kier alpha value is -1.89. The second-order valence-corrected chi connectivity index (χ2v) is 5.23. The summed E-state index contributed by atoms with van der Waals surface area (Å²) in [5.41, 5.74) is 2.28. The number of hydrogen-bond acceptors (Lipinski definition) is 6. The molecule has 1 rings (SSSR count). The zero-order chi connectivity index (χ0) is 13.9. The lowest BCUT2D eigenvalue weighted by atomic mass is 9.88. The average molecular weight is 253 g/mol. The first-order chi connectivity index (χ1) is 8.24. The first-order valence-corrected chi connectivity index (χ1v) is 5.63. The SMILES string of the molecule is CC(Nc1cc([N+](=O)[O-])cc(NN)n1)C(C)(C)C. The Balaban J connectivity index is 3.02. The number of pyridine rings is 1. The molecule has 0 amide bonds. The first-order valence-electron chi connectivity index (χ1n) is 5.63. The molecular weight excluding hydrogens is 234 g/mol. The molecule has 18 heavy (non-hydrogen) atoms. The molecule has 1 aromatic heterocycles.